The smallest absolute Gasteiger partial charge is 0.343 e. The molecule has 10 nitrogen and oxygen atoms in total. The fourth-order valence-corrected chi connectivity index (χ4v) is 5.93. The van der Waals surface area contributed by atoms with Gasteiger partial charge in [0.15, 0.2) is 5.60 Å². The van der Waals surface area contributed by atoms with Gasteiger partial charge in [0.1, 0.15) is 6.61 Å². The molecule has 6 rings (SSSR count). The molecule has 0 radical (unpaired) electrons. The summed E-state index contributed by atoms with van der Waals surface area (Å²) in [6.45, 7) is 3.44. The van der Waals surface area contributed by atoms with Crippen LogP contribution < -0.4 is 10.4 Å². The zero-order chi connectivity index (χ0) is 27.5. The molecule has 0 unspecified atom stereocenters. The molecule has 0 saturated carbocycles. The zero-order valence-electron chi connectivity index (χ0n) is 21.1. The fourth-order valence-electron chi connectivity index (χ4n) is 5.14. The van der Waals surface area contributed by atoms with Gasteiger partial charge in [-0.05, 0) is 37.6 Å². The van der Waals surface area contributed by atoms with Gasteiger partial charge in [0.05, 0.1) is 40.1 Å². The molecule has 2 N–H and O–H groups in total. The number of cyclic esters (lactones) is 1. The Morgan fingerprint density at radius 3 is 2.64 bits per heavy atom. The molecule has 0 aliphatic carbocycles. The van der Waals surface area contributed by atoms with E-state index in [0.717, 1.165) is 10.9 Å². The summed E-state index contributed by atoms with van der Waals surface area (Å²) in [5.74, 6) is -0.791. The molecule has 11 heteroatoms. The van der Waals surface area contributed by atoms with Crippen LogP contribution in [0.2, 0.25) is 0 Å². The van der Waals surface area contributed by atoms with Crippen LogP contribution in [0.5, 0.6) is 0 Å². The topological polar surface area (TPSA) is 140 Å². The van der Waals surface area contributed by atoms with Crippen molar-refractivity contribution in [1.82, 2.24) is 14.4 Å². The highest BCUT2D eigenvalue weighted by atomic mass is 32.2. The number of aromatic nitrogens is 2. The minimum absolute atomic E-state index is 0.0404. The van der Waals surface area contributed by atoms with Gasteiger partial charge in [-0.25, -0.2) is 14.6 Å². The molecular formula is C28H24N4O6S. The summed E-state index contributed by atoms with van der Waals surface area (Å²) in [6.07, 6.45) is 1.46. The van der Waals surface area contributed by atoms with Crippen LogP contribution in [0.4, 0.5) is 0 Å². The van der Waals surface area contributed by atoms with Crippen LogP contribution in [-0.4, -0.2) is 35.3 Å². The lowest BCUT2D eigenvalue weighted by atomic mass is 9.86. The van der Waals surface area contributed by atoms with E-state index in [4.69, 9.17) is 9.72 Å². The van der Waals surface area contributed by atoms with Gasteiger partial charge in [-0.2, -0.15) is 13.5 Å². The Balaban J connectivity index is 1.48. The van der Waals surface area contributed by atoms with E-state index in [0.29, 0.717) is 28.0 Å². The first-order chi connectivity index (χ1) is 18.6. The maximum absolute atomic E-state index is 13.5. The van der Waals surface area contributed by atoms with E-state index in [-0.39, 0.29) is 41.2 Å². The van der Waals surface area contributed by atoms with E-state index in [1.54, 1.807) is 25.1 Å². The number of nitrogens with zero attached hydrogens (tertiary/aromatic N) is 3. The molecule has 4 aromatic rings. The van der Waals surface area contributed by atoms with E-state index in [1.165, 1.54) is 22.9 Å². The number of hydrogen-bond donors (Lipinski definition) is 2. The van der Waals surface area contributed by atoms with Crippen LogP contribution >= 0.6 is 0 Å². The number of hydrogen-bond acceptors (Lipinski definition) is 8. The average molecular weight is 545 g/mol. The number of carbonyl (C=O) groups excluding carboxylic acids is 1. The quantitative estimate of drug-likeness (QED) is 0.197. The number of nitrogens with one attached hydrogen (secondary N) is 1. The zero-order valence-corrected chi connectivity index (χ0v) is 21.9. The largest absolute Gasteiger partial charge is 0.458 e. The molecular weight excluding hydrogens is 520 g/mol. The molecule has 4 heterocycles. The van der Waals surface area contributed by atoms with E-state index in [1.807, 2.05) is 31.2 Å². The summed E-state index contributed by atoms with van der Waals surface area (Å²) in [7, 11) is -3.90. The number of carbonyl (C=O) groups is 1. The lowest BCUT2D eigenvalue weighted by molar-refractivity contribution is -0.172. The molecule has 0 fully saturated rings. The van der Waals surface area contributed by atoms with Crippen molar-refractivity contribution in [3.05, 3.63) is 92.8 Å². The maximum atomic E-state index is 13.5. The molecule has 0 bridgehead atoms. The number of rotatable bonds is 5. The van der Waals surface area contributed by atoms with Gasteiger partial charge >= 0.3 is 5.97 Å². The Bertz CT molecular complexity index is 1880. The van der Waals surface area contributed by atoms with Crippen molar-refractivity contribution in [2.24, 2.45) is 5.10 Å². The highest BCUT2D eigenvalue weighted by Gasteiger charge is 2.45. The van der Waals surface area contributed by atoms with Crippen molar-refractivity contribution >= 4 is 33.1 Å². The van der Waals surface area contributed by atoms with Crippen LogP contribution in [0.25, 0.3) is 22.3 Å². The standard InChI is InChI=1S/C28H24N4O6S/c1-3-28(35)22-12-24-25-20(14-32(24)26(33)21(22)15-38-27(28)34)19(18-6-4-5-7-23(18)30-25)13-29-31-39(36,37)17-10-8-16(2)9-11-17/h4-13,31,35H,3,14-15H2,1-2H3/t28-/m0/s1. The van der Waals surface area contributed by atoms with Crippen LogP contribution in [0, 0.1) is 6.92 Å². The molecule has 0 spiro atoms. The highest BCUT2D eigenvalue weighted by Crippen LogP contribution is 2.39. The molecule has 1 atom stereocenters. The van der Waals surface area contributed by atoms with Gasteiger partial charge in [-0.1, -0.05) is 42.8 Å². The predicted octanol–water partition coefficient (Wildman–Crippen LogP) is 2.70. The van der Waals surface area contributed by atoms with E-state index in [2.05, 4.69) is 9.93 Å². The first kappa shape index (κ1) is 25.0. The van der Waals surface area contributed by atoms with Crippen molar-refractivity contribution in [2.45, 2.75) is 43.9 Å². The van der Waals surface area contributed by atoms with E-state index < -0.39 is 21.6 Å². The van der Waals surface area contributed by atoms with Gasteiger partial charge in [-0.3, -0.25) is 4.79 Å². The number of pyridine rings is 2. The average Bonchev–Trinajstić information content (AvgIpc) is 3.29. The second-order valence-corrected chi connectivity index (χ2v) is 11.3. The Morgan fingerprint density at radius 2 is 1.90 bits per heavy atom. The first-order valence-electron chi connectivity index (χ1n) is 12.3. The molecule has 39 heavy (non-hydrogen) atoms. The Labute approximate surface area is 223 Å². The minimum atomic E-state index is -3.90. The molecule has 0 amide bonds. The van der Waals surface area contributed by atoms with Crippen molar-refractivity contribution in [1.29, 1.82) is 0 Å². The summed E-state index contributed by atoms with van der Waals surface area (Å²) in [4.78, 5) is 33.1. The van der Waals surface area contributed by atoms with E-state index >= 15 is 0 Å². The third-order valence-electron chi connectivity index (χ3n) is 7.34. The maximum Gasteiger partial charge on any atom is 0.343 e. The van der Waals surface area contributed by atoms with Crippen LogP contribution in [0.15, 0.2) is 69.4 Å². The predicted molar refractivity (Wildman–Crippen MR) is 144 cm³/mol. The highest BCUT2D eigenvalue weighted by molar-refractivity contribution is 7.89. The number of sulfonamides is 1. The monoisotopic (exact) mass is 544 g/mol. The molecule has 2 aliphatic heterocycles. The van der Waals surface area contributed by atoms with Crippen molar-refractivity contribution < 1.29 is 23.1 Å². The third kappa shape index (κ3) is 3.84. The lowest BCUT2D eigenvalue weighted by Crippen LogP contribution is -2.44. The number of benzene rings is 2. The molecule has 2 aliphatic rings. The molecule has 2 aromatic heterocycles. The first-order valence-corrected chi connectivity index (χ1v) is 13.8. The number of para-hydroxylation sites is 1. The SMILES string of the molecule is CC[C@@]1(O)C(=O)OCc2c1cc1n(c2=O)Cc2c-1nc1ccccc1c2C=NNS(=O)(=O)c1ccc(C)cc1. The van der Waals surface area contributed by atoms with Crippen LogP contribution in [0.1, 0.15) is 41.2 Å². The van der Waals surface area contributed by atoms with Gasteiger partial charge in [-0.15, -0.1) is 0 Å². The lowest BCUT2D eigenvalue weighted by Gasteiger charge is -2.31. The summed E-state index contributed by atoms with van der Waals surface area (Å²) in [6, 6.07) is 15.4. The van der Waals surface area contributed by atoms with Gasteiger partial charge in [0.2, 0.25) is 0 Å². The van der Waals surface area contributed by atoms with Crippen molar-refractivity contribution in [2.75, 3.05) is 0 Å². The summed E-state index contributed by atoms with van der Waals surface area (Å²) >= 11 is 0. The van der Waals surface area contributed by atoms with E-state index in [9.17, 15) is 23.1 Å². The summed E-state index contributed by atoms with van der Waals surface area (Å²) < 4.78 is 32.2. The summed E-state index contributed by atoms with van der Waals surface area (Å²) in [5, 5.41) is 15.9. The number of ether oxygens (including phenoxy) is 1. The van der Waals surface area contributed by atoms with Crippen LogP contribution in [0.3, 0.4) is 0 Å². The Hall–Kier alpha value is -4.35. The van der Waals surface area contributed by atoms with Crippen molar-refractivity contribution in [3.8, 4) is 11.4 Å². The third-order valence-corrected chi connectivity index (χ3v) is 8.58. The number of aryl methyl sites for hydroxylation is 1. The number of fused-ring (bicyclic) bond motifs is 5. The Morgan fingerprint density at radius 1 is 1.15 bits per heavy atom. The van der Waals surface area contributed by atoms with Crippen LogP contribution in [-0.2, 0) is 38.3 Å². The minimum Gasteiger partial charge on any atom is -0.458 e. The normalized spacial score (nSPS) is 18.1. The second-order valence-electron chi connectivity index (χ2n) is 9.64. The molecule has 2 aromatic carbocycles. The van der Waals surface area contributed by atoms with Gasteiger partial charge in [0.25, 0.3) is 15.6 Å². The summed E-state index contributed by atoms with van der Waals surface area (Å²) in [5.41, 5.74) is 1.89. The van der Waals surface area contributed by atoms with Gasteiger partial charge in [0, 0.05) is 22.1 Å². The fraction of sp³-hybridized carbons (Fsp3) is 0.214. The number of aliphatic hydroxyl groups is 1. The molecule has 0 saturated heterocycles. The van der Waals surface area contributed by atoms with Gasteiger partial charge < -0.3 is 14.4 Å². The number of esters is 1. The number of hydrazone groups is 1. The van der Waals surface area contributed by atoms with Crippen molar-refractivity contribution in [3.63, 3.8) is 0 Å². The second kappa shape index (κ2) is 8.85. The Kier molecular flexibility index (Phi) is 5.67. The molecule has 198 valence electrons.